The Labute approximate surface area is 199 Å². The molecule has 182 valence electrons. The fraction of sp³-hybridized carbons (Fsp3) is 0.407. The molecule has 0 bridgehead atoms. The number of halogens is 1. The van der Waals surface area contributed by atoms with E-state index in [1.54, 1.807) is 24.3 Å². The summed E-state index contributed by atoms with van der Waals surface area (Å²) in [5, 5.41) is 34.1. The van der Waals surface area contributed by atoms with Gasteiger partial charge in [-0.15, -0.1) is 0 Å². The van der Waals surface area contributed by atoms with Crippen molar-refractivity contribution in [3.63, 3.8) is 0 Å². The fourth-order valence-corrected chi connectivity index (χ4v) is 4.17. The zero-order valence-corrected chi connectivity index (χ0v) is 20.3. The molecule has 2 unspecified atom stereocenters. The van der Waals surface area contributed by atoms with Crippen molar-refractivity contribution < 1.29 is 24.5 Å². The third kappa shape index (κ3) is 5.72. The first kappa shape index (κ1) is 25.6. The molecule has 0 aliphatic heterocycles. The Morgan fingerprint density at radius 3 is 2.32 bits per heavy atom. The summed E-state index contributed by atoms with van der Waals surface area (Å²) < 4.78 is 15.6. The van der Waals surface area contributed by atoms with Crippen LogP contribution in [-0.4, -0.2) is 43.1 Å². The zero-order chi connectivity index (χ0) is 25.2. The molecule has 3 aromatic rings. The second kappa shape index (κ2) is 10.1. The normalized spacial score (nSPS) is 14.3. The molecule has 34 heavy (non-hydrogen) atoms. The second-order valence-electron chi connectivity index (χ2n) is 10.0. The highest BCUT2D eigenvalue weighted by Gasteiger charge is 2.24. The van der Waals surface area contributed by atoms with Gasteiger partial charge in [-0.3, -0.25) is 4.79 Å². The van der Waals surface area contributed by atoms with Gasteiger partial charge in [0, 0.05) is 28.7 Å². The first-order valence-electron chi connectivity index (χ1n) is 11.5. The highest BCUT2D eigenvalue weighted by molar-refractivity contribution is 5.79. The van der Waals surface area contributed by atoms with Crippen molar-refractivity contribution in [2.45, 2.75) is 71.0 Å². The molecule has 0 radical (unpaired) electrons. The average molecular weight is 469 g/mol. The molecule has 0 fully saturated rings. The number of fused-ring (bicyclic) bond motifs is 1. The number of aliphatic hydroxyl groups excluding tert-OH is 2. The number of carboxylic acid groups (broad SMARTS) is 1. The Balaban J connectivity index is 2.20. The Hall–Kier alpha value is -3.03. The van der Waals surface area contributed by atoms with Gasteiger partial charge in [-0.25, -0.2) is 8.91 Å². The number of hydrogen-bond acceptors (Lipinski definition) is 4. The van der Waals surface area contributed by atoms with Crippen molar-refractivity contribution in [2.24, 2.45) is 0 Å². The largest absolute Gasteiger partial charge is 0.481 e. The summed E-state index contributed by atoms with van der Waals surface area (Å²) in [4.78, 5) is 10.8. The van der Waals surface area contributed by atoms with Crippen LogP contribution in [0, 0.1) is 5.82 Å². The Morgan fingerprint density at radius 2 is 1.76 bits per heavy atom. The van der Waals surface area contributed by atoms with Crippen LogP contribution in [0.3, 0.4) is 0 Å². The average Bonchev–Trinajstić information content (AvgIpc) is 3.15. The van der Waals surface area contributed by atoms with Crippen LogP contribution >= 0.6 is 0 Å². The standard InChI is InChI=1S/C27H33FN2O4/c1-16(2)25-21(11-10-19(31)14-20(32)15-24(33)34)26(17-6-8-18(28)9-7-17)29-30-22(25)12-13-23(30)27(3,4)5/h6-13,16,19-20,31-32H,14-15H2,1-5H3,(H,33,34)/b11-10+. The van der Waals surface area contributed by atoms with E-state index < -0.39 is 24.6 Å². The van der Waals surface area contributed by atoms with Crippen LogP contribution in [0.1, 0.15) is 70.2 Å². The number of aliphatic carboxylic acids is 1. The molecule has 0 amide bonds. The molecule has 0 aliphatic carbocycles. The van der Waals surface area contributed by atoms with Gasteiger partial charge in [0.05, 0.1) is 29.8 Å². The van der Waals surface area contributed by atoms with Gasteiger partial charge >= 0.3 is 5.97 Å². The van der Waals surface area contributed by atoms with Crippen molar-refractivity contribution in [2.75, 3.05) is 0 Å². The van der Waals surface area contributed by atoms with Crippen LogP contribution in [0.25, 0.3) is 22.9 Å². The van der Waals surface area contributed by atoms with Crippen LogP contribution < -0.4 is 0 Å². The lowest BCUT2D eigenvalue weighted by Gasteiger charge is -2.22. The minimum atomic E-state index is -1.15. The van der Waals surface area contributed by atoms with Crippen LogP contribution in [0.4, 0.5) is 4.39 Å². The predicted octanol–water partition coefficient (Wildman–Crippen LogP) is 5.16. The van der Waals surface area contributed by atoms with E-state index in [1.807, 2.05) is 10.6 Å². The number of benzene rings is 1. The summed E-state index contributed by atoms with van der Waals surface area (Å²) >= 11 is 0. The summed E-state index contributed by atoms with van der Waals surface area (Å²) in [6, 6.07) is 10.2. The van der Waals surface area contributed by atoms with E-state index in [0.717, 1.165) is 27.9 Å². The highest BCUT2D eigenvalue weighted by Crippen LogP contribution is 2.36. The summed E-state index contributed by atoms with van der Waals surface area (Å²) in [7, 11) is 0. The van der Waals surface area contributed by atoms with Gasteiger partial charge in [-0.05, 0) is 47.9 Å². The summed E-state index contributed by atoms with van der Waals surface area (Å²) in [5.74, 6) is -1.35. The molecule has 2 aromatic heterocycles. The minimum absolute atomic E-state index is 0.0966. The van der Waals surface area contributed by atoms with Crippen LogP contribution in [0.2, 0.25) is 0 Å². The van der Waals surface area contributed by atoms with E-state index in [9.17, 15) is 19.4 Å². The third-order valence-electron chi connectivity index (χ3n) is 5.75. The lowest BCUT2D eigenvalue weighted by atomic mass is 9.92. The Bertz CT molecular complexity index is 1190. The first-order chi connectivity index (χ1) is 15.9. The van der Waals surface area contributed by atoms with Crippen LogP contribution in [0.5, 0.6) is 0 Å². The zero-order valence-electron chi connectivity index (χ0n) is 20.3. The predicted molar refractivity (Wildman–Crippen MR) is 131 cm³/mol. The topological polar surface area (TPSA) is 95.1 Å². The van der Waals surface area contributed by atoms with E-state index >= 15 is 0 Å². The van der Waals surface area contributed by atoms with E-state index in [2.05, 4.69) is 40.7 Å². The summed E-state index contributed by atoms with van der Waals surface area (Å²) in [5.41, 5.74) is 5.04. The quantitative estimate of drug-likeness (QED) is 0.424. The number of hydrogen-bond donors (Lipinski definition) is 3. The smallest absolute Gasteiger partial charge is 0.305 e. The van der Waals surface area contributed by atoms with E-state index in [4.69, 9.17) is 10.2 Å². The van der Waals surface area contributed by atoms with Gasteiger partial charge in [0.2, 0.25) is 0 Å². The second-order valence-corrected chi connectivity index (χ2v) is 10.0. The molecule has 0 spiro atoms. The number of carboxylic acids is 1. The SMILES string of the molecule is CC(C)c1c(/C=C/C(O)CC(O)CC(=O)O)c(-c2ccc(F)cc2)nn2c(C(C)(C)C)ccc12. The van der Waals surface area contributed by atoms with E-state index in [-0.39, 0.29) is 23.6 Å². The van der Waals surface area contributed by atoms with Gasteiger partial charge in [0.25, 0.3) is 0 Å². The highest BCUT2D eigenvalue weighted by atomic mass is 19.1. The van der Waals surface area contributed by atoms with Crippen molar-refractivity contribution in [3.05, 3.63) is 65.1 Å². The van der Waals surface area contributed by atoms with Gasteiger partial charge in [0.1, 0.15) is 5.82 Å². The van der Waals surface area contributed by atoms with Gasteiger partial charge in [-0.1, -0.05) is 46.8 Å². The van der Waals surface area contributed by atoms with Crippen LogP contribution in [0.15, 0.2) is 42.5 Å². The molecule has 3 N–H and O–H groups in total. The minimum Gasteiger partial charge on any atom is -0.481 e. The van der Waals surface area contributed by atoms with Gasteiger partial charge < -0.3 is 15.3 Å². The number of rotatable bonds is 8. The third-order valence-corrected chi connectivity index (χ3v) is 5.75. The molecule has 0 aliphatic rings. The van der Waals surface area contributed by atoms with E-state index in [1.165, 1.54) is 12.1 Å². The first-order valence-corrected chi connectivity index (χ1v) is 11.5. The molecule has 6 nitrogen and oxygen atoms in total. The van der Waals surface area contributed by atoms with E-state index in [0.29, 0.717) is 5.69 Å². The Kier molecular flexibility index (Phi) is 7.58. The molecular weight excluding hydrogens is 435 g/mol. The number of aromatic nitrogens is 2. The molecule has 3 rings (SSSR count). The molecule has 0 saturated heterocycles. The lowest BCUT2D eigenvalue weighted by molar-refractivity contribution is -0.139. The van der Waals surface area contributed by atoms with Crippen molar-refractivity contribution >= 4 is 17.6 Å². The maximum absolute atomic E-state index is 13.7. The Morgan fingerprint density at radius 1 is 1.12 bits per heavy atom. The molecule has 0 saturated carbocycles. The molecule has 2 atom stereocenters. The number of aliphatic hydroxyl groups is 2. The summed E-state index contributed by atoms with van der Waals surface area (Å²) in [6.45, 7) is 10.5. The van der Waals surface area contributed by atoms with Crippen molar-refractivity contribution in [3.8, 4) is 11.3 Å². The van der Waals surface area contributed by atoms with Gasteiger partial charge in [0.15, 0.2) is 0 Å². The molecule has 2 heterocycles. The number of carbonyl (C=O) groups is 1. The maximum atomic E-state index is 13.7. The monoisotopic (exact) mass is 468 g/mol. The maximum Gasteiger partial charge on any atom is 0.305 e. The fourth-order valence-electron chi connectivity index (χ4n) is 4.17. The summed E-state index contributed by atoms with van der Waals surface area (Å²) in [6.07, 6.45) is 0.590. The van der Waals surface area contributed by atoms with Crippen molar-refractivity contribution in [1.29, 1.82) is 0 Å². The van der Waals surface area contributed by atoms with Crippen molar-refractivity contribution in [1.82, 2.24) is 9.61 Å². The number of nitrogens with zero attached hydrogens (tertiary/aromatic N) is 2. The lowest BCUT2D eigenvalue weighted by Crippen LogP contribution is -2.19. The molecule has 1 aromatic carbocycles. The van der Waals surface area contributed by atoms with Gasteiger partial charge in [-0.2, -0.15) is 5.10 Å². The molecular formula is C27H33FN2O4. The van der Waals surface area contributed by atoms with Crippen LogP contribution in [-0.2, 0) is 10.2 Å². The molecule has 7 heteroatoms.